The molecule has 0 saturated heterocycles. The van der Waals surface area contributed by atoms with Crippen molar-refractivity contribution in [2.24, 2.45) is 0 Å². The van der Waals surface area contributed by atoms with E-state index in [2.05, 4.69) is 25.9 Å². The number of amides is 2. The van der Waals surface area contributed by atoms with Crippen molar-refractivity contribution in [3.8, 4) is 0 Å². The van der Waals surface area contributed by atoms with E-state index in [0.717, 1.165) is 43.2 Å². The average molecular weight is 415 g/mol. The lowest BCUT2D eigenvalue weighted by molar-refractivity contribution is -0.111. The SMILES string of the molecule is O=CNC1(c2ccc(NC(=O)c3cccnc3NCc3ccncc3)cc2)CCCC1. The molecule has 7 heteroatoms. The number of nitrogens with zero attached hydrogens (tertiary/aromatic N) is 2. The van der Waals surface area contributed by atoms with Crippen LogP contribution in [-0.2, 0) is 16.9 Å². The summed E-state index contributed by atoms with van der Waals surface area (Å²) in [5, 5.41) is 9.17. The zero-order valence-corrected chi connectivity index (χ0v) is 17.2. The molecule has 2 amide bonds. The van der Waals surface area contributed by atoms with Crippen LogP contribution < -0.4 is 16.0 Å². The highest BCUT2D eigenvalue weighted by Crippen LogP contribution is 2.38. The van der Waals surface area contributed by atoms with Crippen molar-refractivity contribution >= 4 is 23.8 Å². The highest BCUT2D eigenvalue weighted by molar-refractivity contribution is 6.07. The van der Waals surface area contributed by atoms with Crippen LogP contribution in [0.3, 0.4) is 0 Å². The predicted molar refractivity (Wildman–Crippen MR) is 120 cm³/mol. The highest BCUT2D eigenvalue weighted by Gasteiger charge is 2.34. The fourth-order valence-electron chi connectivity index (χ4n) is 4.09. The molecule has 0 unspecified atom stereocenters. The quantitative estimate of drug-likeness (QED) is 0.486. The van der Waals surface area contributed by atoms with Crippen LogP contribution in [0.15, 0.2) is 67.1 Å². The second-order valence-electron chi connectivity index (χ2n) is 7.69. The maximum atomic E-state index is 12.9. The van der Waals surface area contributed by atoms with Crippen molar-refractivity contribution in [3.63, 3.8) is 0 Å². The summed E-state index contributed by atoms with van der Waals surface area (Å²) >= 11 is 0. The van der Waals surface area contributed by atoms with Gasteiger partial charge in [0.1, 0.15) is 5.82 Å². The van der Waals surface area contributed by atoms with Crippen LogP contribution in [0.1, 0.15) is 47.2 Å². The minimum absolute atomic E-state index is 0.236. The van der Waals surface area contributed by atoms with Gasteiger partial charge in [-0.1, -0.05) is 25.0 Å². The summed E-state index contributed by atoms with van der Waals surface area (Å²) in [6.45, 7) is 0.542. The lowest BCUT2D eigenvalue weighted by Crippen LogP contribution is -2.38. The number of benzene rings is 1. The average Bonchev–Trinajstić information content (AvgIpc) is 3.29. The van der Waals surface area contributed by atoms with Gasteiger partial charge in [0.15, 0.2) is 0 Å². The van der Waals surface area contributed by atoms with Crippen LogP contribution in [0.25, 0.3) is 0 Å². The first-order valence-electron chi connectivity index (χ1n) is 10.4. The van der Waals surface area contributed by atoms with Gasteiger partial charge >= 0.3 is 0 Å². The molecular weight excluding hydrogens is 390 g/mol. The normalized spacial score (nSPS) is 14.6. The van der Waals surface area contributed by atoms with Crippen molar-refractivity contribution < 1.29 is 9.59 Å². The number of rotatable bonds is 8. The van der Waals surface area contributed by atoms with Gasteiger partial charge in [-0.15, -0.1) is 0 Å². The van der Waals surface area contributed by atoms with Crippen LogP contribution in [0.5, 0.6) is 0 Å². The van der Waals surface area contributed by atoms with Crippen molar-refractivity contribution in [3.05, 3.63) is 83.8 Å². The van der Waals surface area contributed by atoms with Crippen molar-refractivity contribution in [2.75, 3.05) is 10.6 Å². The Balaban J connectivity index is 1.45. The van der Waals surface area contributed by atoms with E-state index in [1.54, 1.807) is 30.7 Å². The molecule has 7 nitrogen and oxygen atoms in total. The van der Waals surface area contributed by atoms with E-state index in [1.165, 1.54) is 0 Å². The first kappa shape index (κ1) is 20.5. The summed E-state index contributed by atoms with van der Waals surface area (Å²) < 4.78 is 0. The Labute approximate surface area is 181 Å². The second-order valence-corrected chi connectivity index (χ2v) is 7.69. The van der Waals surface area contributed by atoms with E-state index in [-0.39, 0.29) is 11.4 Å². The number of aromatic nitrogens is 2. The van der Waals surface area contributed by atoms with Gasteiger partial charge in [-0.25, -0.2) is 4.98 Å². The molecule has 31 heavy (non-hydrogen) atoms. The molecule has 1 aliphatic rings. The van der Waals surface area contributed by atoms with Crippen LogP contribution in [0, 0.1) is 0 Å². The second kappa shape index (κ2) is 9.38. The van der Waals surface area contributed by atoms with E-state index in [1.807, 2.05) is 36.4 Å². The van der Waals surface area contributed by atoms with Gasteiger partial charge in [-0.05, 0) is 60.4 Å². The number of carbonyl (C=O) groups excluding carboxylic acids is 2. The Morgan fingerprint density at radius 1 is 1.00 bits per heavy atom. The molecule has 1 aromatic carbocycles. The van der Waals surface area contributed by atoms with Crippen LogP contribution in [0.4, 0.5) is 11.5 Å². The number of carbonyl (C=O) groups is 2. The topological polar surface area (TPSA) is 96.0 Å². The van der Waals surface area contributed by atoms with Gasteiger partial charge in [0.05, 0.1) is 11.1 Å². The molecule has 0 bridgehead atoms. The summed E-state index contributed by atoms with van der Waals surface area (Å²) in [4.78, 5) is 32.3. The van der Waals surface area contributed by atoms with Gasteiger partial charge in [-0.3, -0.25) is 14.6 Å². The number of anilines is 2. The first-order valence-corrected chi connectivity index (χ1v) is 10.4. The standard InChI is InChI=1S/C24H25N5O2/c30-17-28-24(11-1-2-12-24)19-5-7-20(8-6-19)29-23(31)21-4-3-13-26-22(21)27-16-18-9-14-25-15-10-18/h3-10,13-15,17H,1-2,11-12,16H2,(H,26,27)(H,28,30)(H,29,31). The monoisotopic (exact) mass is 415 g/mol. The summed E-state index contributed by atoms with van der Waals surface area (Å²) in [7, 11) is 0. The molecule has 2 aromatic heterocycles. The summed E-state index contributed by atoms with van der Waals surface area (Å²) in [5.74, 6) is 0.285. The zero-order chi connectivity index (χ0) is 21.5. The van der Waals surface area contributed by atoms with Gasteiger partial charge in [0.2, 0.25) is 6.41 Å². The van der Waals surface area contributed by atoms with E-state index >= 15 is 0 Å². The third kappa shape index (κ3) is 4.71. The summed E-state index contributed by atoms with van der Waals surface area (Å²) in [5.41, 5.74) is 2.98. The van der Waals surface area contributed by atoms with E-state index in [0.29, 0.717) is 23.6 Å². The molecule has 0 radical (unpaired) electrons. The molecule has 0 atom stereocenters. The molecule has 0 spiro atoms. The molecule has 1 fully saturated rings. The van der Waals surface area contributed by atoms with E-state index in [9.17, 15) is 9.59 Å². The van der Waals surface area contributed by atoms with E-state index < -0.39 is 0 Å². The Hall–Kier alpha value is -3.74. The van der Waals surface area contributed by atoms with Gasteiger partial charge in [-0.2, -0.15) is 0 Å². The molecule has 158 valence electrons. The Morgan fingerprint density at radius 2 is 1.74 bits per heavy atom. The maximum Gasteiger partial charge on any atom is 0.259 e. The molecule has 1 aliphatic carbocycles. The Bertz CT molecular complexity index is 1030. The third-order valence-corrected chi connectivity index (χ3v) is 5.75. The molecule has 3 aromatic rings. The summed E-state index contributed by atoms with van der Waals surface area (Å²) in [6.07, 6.45) is 9.94. The molecule has 0 aliphatic heterocycles. The van der Waals surface area contributed by atoms with Gasteiger partial charge in [0.25, 0.3) is 5.91 Å². The molecule has 4 rings (SSSR count). The highest BCUT2D eigenvalue weighted by atomic mass is 16.1. The van der Waals surface area contributed by atoms with Crippen molar-refractivity contribution in [2.45, 2.75) is 37.8 Å². The van der Waals surface area contributed by atoms with Crippen LogP contribution >= 0.6 is 0 Å². The molecule has 2 heterocycles. The number of pyridine rings is 2. The van der Waals surface area contributed by atoms with Gasteiger partial charge in [0, 0.05) is 30.8 Å². The largest absolute Gasteiger partial charge is 0.365 e. The molecule has 1 saturated carbocycles. The van der Waals surface area contributed by atoms with Crippen LogP contribution in [-0.4, -0.2) is 22.3 Å². The third-order valence-electron chi connectivity index (χ3n) is 5.75. The zero-order valence-electron chi connectivity index (χ0n) is 17.2. The smallest absolute Gasteiger partial charge is 0.259 e. The lowest BCUT2D eigenvalue weighted by Gasteiger charge is -2.29. The Kier molecular flexibility index (Phi) is 6.21. The van der Waals surface area contributed by atoms with Crippen molar-refractivity contribution in [1.29, 1.82) is 0 Å². The Morgan fingerprint density at radius 3 is 2.45 bits per heavy atom. The number of hydrogen-bond acceptors (Lipinski definition) is 5. The fraction of sp³-hybridized carbons (Fsp3) is 0.250. The summed E-state index contributed by atoms with van der Waals surface area (Å²) in [6, 6.07) is 15.0. The molecule has 3 N–H and O–H groups in total. The molecular formula is C24H25N5O2. The minimum Gasteiger partial charge on any atom is -0.365 e. The van der Waals surface area contributed by atoms with Crippen LogP contribution in [0.2, 0.25) is 0 Å². The number of nitrogens with one attached hydrogen (secondary N) is 3. The number of hydrogen-bond donors (Lipinski definition) is 3. The minimum atomic E-state index is -0.294. The maximum absolute atomic E-state index is 12.9. The first-order chi connectivity index (χ1) is 15.2. The fourth-order valence-corrected chi connectivity index (χ4v) is 4.09. The van der Waals surface area contributed by atoms with E-state index in [4.69, 9.17) is 0 Å². The van der Waals surface area contributed by atoms with Crippen molar-refractivity contribution in [1.82, 2.24) is 15.3 Å². The van der Waals surface area contributed by atoms with Gasteiger partial charge < -0.3 is 16.0 Å². The predicted octanol–water partition coefficient (Wildman–Crippen LogP) is 3.86. The lowest BCUT2D eigenvalue weighted by atomic mass is 9.88.